The van der Waals surface area contributed by atoms with Gasteiger partial charge >= 0.3 is 0 Å². The van der Waals surface area contributed by atoms with Gasteiger partial charge in [-0.2, -0.15) is 5.26 Å². The predicted molar refractivity (Wildman–Crippen MR) is 68.9 cm³/mol. The van der Waals surface area contributed by atoms with Gasteiger partial charge in [0.1, 0.15) is 6.07 Å². The van der Waals surface area contributed by atoms with Gasteiger partial charge in [0.15, 0.2) is 6.29 Å². The molecule has 0 radical (unpaired) electrons. The molecule has 0 atom stereocenters. The topological polar surface area (TPSA) is 44.1 Å². The first-order chi connectivity index (χ1) is 8.26. The molecule has 2 rings (SSSR count). The lowest BCUT2D eigenvalue weighted by atomic mass is 10.2. The first kappa shape index (κ1) is 11.4. The Bertz CT molecular complexity index is 583. The molecule has 0 aliphatic heterocycles. The van der Waals surface area contributed by atoms with Crippen molar-refractivity contribution in [1.29, 1.82) is 5.26 Å². The smallest absolute Gasteiger partial charge is 0.160 e. The first-order valence-electron chi connectivity index (χ1n) is 5.04. The van der Waals surface area contributed by atoms with Crippen molar-refractivity contribution in [2.45, 2.75) is 0 Å². The Balaban J connectivity index is 2.40. The van der Waals surface area contributed by atoms with Crippen molar-refractivity contribution in [2.75, 3.05) is 11.9 Å². The van der Waals surface area contributed by atoms with Crippen LogP contribution in [-0.2, 0) is 0 Å². The number of hydrogen-bond acceptors (Lipinski definition) is 4. The summed E-state index contributed by atoms with van der Waals surface area (Å²) < 4.78 is 0. The number of nitriles is 1. The molecule has 0 spiro atoms. The van der Waals surface area contributed by atoms with Gasteiger partial charge in [-0.15, -0.1) is 11.3 Å². The summed E-state index contributed by atoms with van der Waals surface area (Å²) in [4.78, 5) is 13.2. The zero-order valence-electron chi connectivity index (χ0n) is 9.25. The van der Waals surface area contributed by atoms with Gasteiger partial charge in [0, 0.05) is 7.05 Å². The predicted octanol–water partition coefficient (Wildman–Crippen LogP) is 3.20. The van der Waals surface area contributed by atoms with E-state index in [2.05, 4.69) is 6.07 Å². The second-order valence-corrected chi connectivity index (χ2v) is 4.58. The average molecular weight is 242 g/mol. The highest BCUT2D eigenvalue weighted by molar-refractivity contribution is 7.17. The summed E-state index contributed by atoms with van der Waals surface area (Å²) in [6, 6.07) is 13.2. The first-order valence-corrected chi connectivity index (χ1v) is 5.86. The van der Waals surface area contributed by atoms with Gasteiger partial charge in [0.05, 0.1) is 21.1 Å². The molecule has 0 fully saturated rings. The average Bonchev–Trinajstić information content (AvgIpc) is 2.86. The summed E-state index contributed by atoms with van der Waals surface area (Å²) >= 11 is 1.40. The number of thiophene rings is 1. The number of carbonyl (C=O) groups is 1. The number of rotatable bonds is 3. The Morgan fingerprint density at radius 1 is 1.29 bits per heavy atom. The Labute approximate surface area is 104 Å². The minimum atomic E-state index is 0.621. The van der Waals surface area contributed by atoms with Crippen LogP contribution in [0.2, 0.25) is 0 Å². The van der Waals surface area contributed by atoms with Gasteiger partial charge in [0.2, 0.25) is 0 Å². The number of anilines is 2. The fourth-order valence-electron chi connectivity index (χ4n) is 1.57. The molecular weight excluding hydrogens is 232 g/mol. The normalized spacial score (nSPS) is 9.65. The highest BCUT2D eigenvalue weighted by Crippen LogP contribution is 2.31. The lowest BCUT2D eigenvalue weighted by Crippen LogP contribution is -2.09. The molecule has 3 nitrogen and oxygen atoms in total. The number of carbonyl (C=O) groups excluding carboxylic acids is 1. The summed E-state index contributed by atoms with van der Waals surface area (Å²) in [5, 5.41) is 9.98. The molecule has 0 amide bonds. The molecular formula is C13H10N2OS. The van der Waals surface area contributed by atoms with Gasteiger partial charge in [-0.1, -0.05) is 12.1 Å². The monoisotopic (exact) mass is 242 g/mol. The summed E-state index contributed by atoms with van der Waals surface area (Å²) in [5.41, 5.74) is 1.46. The van der Waals surface area contributed by atoms with Crippen molar-refractivity contribution in [1.82, 2.24) is 0 Å². The van der Waals surface area contributed by atoms with Crippen LogP contribution in [0.15, 0.2) is 36.4 Å². The van der Waals surface area contributed by atoms with Gasteiger partial charge < -0.3 is 4.90 Å². The van der Waals surface area contributed by atoms with Gasteiger partial charge in [-0.3, -0.25) is 4.79 Å². The number of benzene rings is 1. The van der Waals surface area contributed by atoms with Crippen LogP contribution in [-0.4, -0.2) is 13.3 Å². The van der Waals surface area contributed by atoms with E-state index in [0.717, 1.165) is 17.0 Å². The highest BCUT2D eigenvalue weighted by Gasteiger charge is 2.10. The molecule has 1 aromatic carbocycles. The molecule has 0 aliphatic carbocycles. The molecule has 0 saturated heterocycles. The fourth-order valence-corrected chi connectivity index (χ4v) is 2.36. The summed E-state index contributed by atoms with van der Waals surface area (Å²) in [6.45, 7) is 0. The van der Waals surface area contributed by atoms with Crippen LogP contribution < -0.4 is 4.90 Å². The van der Waals surface area contributed by atoms with E-state index in [9.17, 15) is 4.79 Å². The van der Waals surface area contributed by atoms with Crippen LogP contribution in [0, 0.1) is 11.3 Å². The van der Waals surface area contributed by atoms with Crippen molar-refractivity contribution < 1.29 is 4.79 Å². The van der Waals surface area contributed by atoms with Crippen LogP contribution in [0.3, 0.4) is 0 Å². The number of hydrogen-bond donors (Lipinski definition) is 0. The molecule has 1 aromatic heterocycles. The van der Waals surface area contributed by atoms with Crippen molar-refractivity contribution in [3.63, 3.8) is 0 Å². The largest absolute Gasteiger partial charge is 0.335 e. The van der Waals surface area contributed by atoms with Crippen LogP contribution >= 0.6 is 11.3 Å². The third-order valence-corrected chi connectivity index (χ3v) is 3.53. The zero-order chi connectivity index (χ0) is 12.3. The van der Waals surface area contributed by atoms with E-state index in [1.165, 1.54) is 11.3 Å². The summed E-state index contributed by atoms with van der Waals surface area (Å²) in [5.74, 6) is 0. The van der Waals surface area contributed by atoms with Crippen LogP contribution in [0.25, 0.3) is 0 Å². The van der Waals surface area contributed by atoms with Crippen molar-refractivity contribution in [2.24, 2.45) is 0 Å². The van der Waals surface area contributed by atoms with Gasteiger partial charge in [0.25, 0.3) is 0 Å². The fraction of sp³-hybridized carbons (Fsp3) is 0.0769. The molecule has 84 valence electrons. The van der Waals surface area contributed by atoms with E-state index in [1.54, 1.807) is 12.1 Å². The van der Waals surface area contributed by atoms with Gasteiger partial charge in [-0.05, 0) is 24.3 Å². The Hall–Kier alpha value is -2.12. The van der Waals surface area contributed by atoms with Crippen molar-refractivity contribution in [3.8, 4) is 6.07 Å². The lowest BCUT2D eigenvalue weighted by molar-refractivity contribution is 0.112. The third-order valence-electron chi connectivity index (χ3n) is 2.45. The van der Waals surface area contributed by atoms with E-state index < -0.39 is 0 Å². The Morgan fingerprint density at radius 2 is 2.06 bits per heavy atom. The summed E-state index contributed by atoms with van der Waals surface area (Å²) in [7, 11) is 1.89. The highest BCUT2D eigenvalue weighted by atomic mass is 32.1. The number of aldehydes is 1. The molecule has 0 saturated carbocycles. The van der Waals surface area contributed by atoms with Crippen LogP contribution in [0.4, 0.5) is 10.7 Å². The Morgan fingerprint density at radius 3 is 2.71 bits per heavy atom. The van der Waals surface area contributed by atoms with E-state index in [-0.39, 0.29) is 0 Å². The molecule has 2 aromatic rings. The van der Waals surface area contributed by atoms with Crippen LogP contribution in [0.1, 0.15) is 15.2 Å². The molecule has 0 N–H and O–H groups in total. The maximum absolute atomic E-state index is 10.6. The standard InChI is InChI=1S/C13H10N2OS/c1-15(13-7-6-11(9-16)17-13)12-5-3-2-4-10(12)8-14/h2-7,9H,1H3. The van der Waals surface area contributed by atoms with E-state index in [4.69, 9.17) is 5.26 Å². The van der Waals surface area contributed by atoms with E-state index >= 15 is 0 Å². The SMILES string of the molecule is CN(c1ccc(C=O)s1)c1ccccc1C#N. The van der Waals surface area contributed by atoms with Crippen LogP contribution in [0.5, 0.6) is 0 Å². The van der Waals surface area contributed by atoms with Crippen molar-refractivity contribution >= 4 is 28.3 Å². The maximum Gasteiger partial charge on any atom is 0.160 e. The number of nitrogens with zero attached hydrogens (tertiary/aromatic N) is 2. The third kappa shape index (κ3) is 2.19. The minimum Gasteiger partial charge on any atom is -0.335 e. The summed E-state index contributed by atoms with van der Waals surface area (Å²) in [6.07, 6.45) is 0.832. The van der Waals surface area contributed by atoms with Crippen molar-refractivity contribution in [3.05, 3.63) is 46.8 Å². The molecule has 1 heterocycles. The molecule has 0 unspecified atom stereocenters. The lowest BCUT2D eigenvalue weighted by Gasteiger charge is -2.18. The van der Waals surface area contributed by atoms with E-state index in [1.807, 2.05) is 36.2 Å². The molecule has 4 heteroatoms. The zero-order valence-corrected chi connectivity index (χ0v) is 10.1. The second-order valence-electron chi connectivity index (χ2n) is 3.48. The molecule has 17 heavy (non-hydrogen) atoms. The maximum atomic E-state index is 10.6. The number of para-hydroxylation sites is 1. The molecule has 0 bridgehead atoms. The van der Waals surface area contributed by atoms with E-state index in [0.29, 0.717) is 10.4 Å². The quantitative estimate of drug-likeness (QED) is 0.776. The Kier molecular flexibility index (Phi) is 3.22. The second kappa shape index (κ2) is 4.81. The molecule has 0 aliphatic rings. The van der Waals surface area contributed by atoms with Gasteiger partial charge in [-0.25, -0.2) is 0 Å². The minimum absolute atomic E-state index is 0.621.